The van der Waals surface area contributed by atoms with Crippen molar-refractivity contribution in [2.45, 2.75) is 44.2 Å². The van der Waals surface area contributed by atoms with Gasteiger partial charge in [0.05, 0.1) is 6.42 Å². The monoisotopic (exact) mass is 287 g/mol. The third-order valence-corrected chi connectivity index (χ3v) is 3.33. The molecule has 3 amide bonds. The predicted octanol–water partition coefficient (Wildman–Crippen LogP) is -0.738. The third-order valence-electron chi connectivity index (χ3n) is 3.33. The lowest BCUT2D eigenvalue weighted by atomic mass is 9.91. The highest BCUT2D eigenvalue weighted by molar-refractivity contribution is 5.87. The first-order valence-electron chi connectivity index (χ1n) is 6.64. The fraction of sp³-hybridized carbons (Fsp3) is 0.750. The molecule has 0 aromatic heterocycles. The van der Waals surface area contributed by atoms with Gasteiger partial charge in [-0.3, -0.25) is 4.79 Å². The molecule has 0 radical (unpaired) electrons. The molecular weight excluding hydrogens is 266 g/mol. The Morgan fingerprint density at radius 2 is 2.00 bits per heavy atom. The molecule has 0 aliphatic heterocycles. The van der Waals surface area contributed by atoms with Crippen LogP contribution < -0.4 is 11.1 Å². The Kier molecular flexibility index (Phi) is 6.23. The summed E-state index contributed by atoms with van der Waals surface area (Å²) < 4.78 is 0. The van der Waals surface area contributed by atoms with E-state index in [-0.39, 0.29) is 12.6 Å². The lowest BCUT2D eigenvalue weighted by molar-refractivity contribution is -0.141. The first-order chi connectivity index (χ1) is 9.45. The summed E-state index contributed by atoms with van der Waals surface area (Å²) in [4.78, 5) is 35.4. The summed E-state index contributed by atoms with van der Waals surface area (Å²) in [5, 5.41) is 20.1. The van der Waals surface area contributed by atoms with Crippen molar-refractivity contribution >= 4 is 17.9 Å². The van der Waals surface area contributed by atoms with Crippen LogP contribution in [0, 0.1) is 0 Å². The lowest BCUT2D eigenvalue weighted by Gasteiger charge is -2.38. The molecule has 0 spiro atoms. The molecule has 0 saturated heterocycles. The van der Waals surface area contributed by atoms with Gasteiger partial charge in [0.15, 0.2) is 0 Å². The van der Waals surface area contributed by atoms with E-state index in [1.54, 1.807) is 0 Å². The van der Waals surface area contributed by atoms with Crippen LogP contribution in [-0.4, -0.2) is 58.3 Å². The van der Waals surface area contributed by atoms with Crippen LogP contribution in [0.4, 0.5) is 4.79 Å². The van der Waals surface area contributed by atoms with Gasteiger partial charge in [-0.25, -0.2) is 9.59 Å². The van der Waals surface area contributed by atoms with Gasteiger partial charge < -0.3 is 26.2 Å². The molecule has 1 saturated carbocycles. The van der Waals surface area contributed by atoms with Crippen molar-refractivity contribution in [2.75, 3.05) is 13.2 Å². The van der Waals surface area contributed by atoms with Crippen LogP contribution in [0.5, 0.6) is 0 Å². The molecule has 20 heavy (non-hydrogen) atoms. The SMILES string of the molecule is NC(=O)C[C@H](NC(=O)N(CCCO)C1CCC1)C(=O)O. The van der Waals surface area contributed by atoms with Crippen molar-refractivity contribution in [2.24, 2.45) is 5.73 Å². The molecule has 1 aliphatic rings. The fourth-order valence-electron chi connectivity index (χ4n) is 2.02. The summed E-state index contributed by atoms with van der Waals surface area (Å²) in [5.41, 5.74) is 4.96. The van der Waals surface area contributed by atoms with Gasteiger partial charge in [0.1, 0.15) is 6.04 Å². The molecule has 0 heterocycles. The molecule has 8 heteroatoms. The van der Waals surface area contributed by atoms with E-state index in [0.29, 0.717) is 13.0 Å². The van der Waals surface area contributed by atoms with Crippen molar-refractivity contribution in [1.82, 2.24) is 10.2 Å². The normalized spacial score (nSPS) is 16.1. The number of rotatable bonds is 8. The lowest BCUT2D eigenvalue weighted by Crippen LogP contribution is -2.54. The van der Waals surface area contributed by atoms with E-state index in [1.807, 2.05) is 0 Å². The number of aliphatic carboxylic acids is 1. The van der Waals surface area contributed by atoms with E-state index in [2.05, 4.69) is 5.32 Å². The number of amides is 3. The summed E-state index contributed by atoms with van der Waals surface area (Å²) >= 11 is 0. The Labute approximate surface area is 116 Å². The second-order valence-corrected chi connectivity index (χ2v) is 4.87. The summed E-state index contributed by atoms with van der Waals surface area (Å²) in [6, 6.07) is -1.78. The summed E-state index contributed by atoms with van der Waals surface area (Å²) in [6.07, 6.45) is 2.74. The largest absolute Gasteiger partial charge is 0.480 e. The molecule has 1 atom stereocenters. The van der Waals surface area contributed by atoms with Gasteiger partial charge in [-0.2, -0.15) is 0 Å². The number of carboxylic acid groups (broad SMARTS) is 1. The molecule has 0 aromatic carbocycles. The zero-order valence-electron chi connectivity index (χ0n) is 11.2. The Bertz CT molecular complexity index is 370. The second-order valence-electron chi connectivity index (χ2n) is 4.87. The van der Waals surface area contributed by atoms with Crippen molar-refractivity contribution in [3.05, 3.63) is 0 Å². The van der Waals surface area contributed by atoms with Crippen LogP contribution in [0.1, 0.15) is 32.1 Å². The van der Waals surface area contributed by atoms with Crippen molar-refractivity contribution in [3.8, 4) is 0 Å². The standard InChI is InChI=1S/C12H21N3O5/c13-10(17)7-9(11(18)19)14-12(20)15(5-2-6-16)8-3-1-4-8/h8-9,16H,1-7H2,(H2,13,17)(H,14,20)(H,18,19)/t9-/m0/s1. The van der Waals surface area contributed by atoms with Gasteiger partial charge in [-0.1, -0.05) is 0 Å². The average molecular weight is 287 g/mol. The number of aliphatic hydroxyl groups is 1. The molecule has 1 fully saturated rings. The Hall–Kier alpha value is -1.83. The van der Waals surface area contributed by atoms with Gasteiger partial charge in [0.25, 0.3) is 0 Å². The molecule has 1 aliphatic carbocycles. The zero-order valence-corrected chi connectivity index (χ0v) is 11.2. The Balaban J connectivity index is 2.62. The van der Waals surface area contributed by atoms with Crippen molar-refractivity contribution < 1.29 is 24.6 Å². The third kappa shape index (κ3) is 4.69. The number of nitrogens with one attached hydrogen (secondary N) is 1. The van der Waals surface area contributed by atoms with E-state index >= 15 is 0 Å². The minimum absolute atomic E-state index is 0.0415. The predicted molar refractivity (Wildman–Crippen MR) is 69.8 cm³/mol. The number of hydrogen-bond acceptors (Lipinski definition) is 4. The van der Waals surface area contributed by atoms with Gasteiger partial charge >= 0.3 is 12.0 Å². The van der Waals surface area contributed by atoms with Gasteiger partial charge in [0, 0.05) is 19.2 Å². The van der Waals surface area contributed by atoms with Gasteiger partial charge in [-0.15, -0.1) is 0 Å². The van der Waals surface area contributed by atoms with Crippen LogP contribution in [-0.2, 0) is 9.59 Å². The number of urea groups is 1. The van der Waals surface area contributed by atoms with E-state index in [1.165, 1.54) is 4.90 Å². The van der Waals surface area contributed by atoms with Crippen LogP contribution in [0.15, 0.2) is 0 Å². The van der Waals surface area contributed by atoms with E-state index in [9.17, 15) is 14.4 Å². The summed E-state index contributed by atoms with van der Waals surface area (Å²) in [5.74, 6) is -2.09. The molecule has 0 aromatic rings. The van der Waals surface area contributed by atoms with E-state index < -0.39 is 30.4 Å². The number of carbonyl (C=O) groups excluding carboxylic acids is 2. The fourth-order valence-corrected chi connectivity index (χ4v) is 2.02. The topological polar surface area (TPSA) is 133 Å². The maximum Gasteiger partial charge on any atom is 0.326 e. The van der Waals surface area contributed by atoms with Crippen molar-refractivity contribution in [1.29, 1.82) is 0 Å². The zero-order chi connectivity index (χ0) is 15.1. The number of carbonyl (C=O) groups is 3. The van der Waals surface area contributed by atoms with E-state index in [0.717, 1.165) is 19.3 Å². The molecule has 1 rings (SSSR count). The first kappa shape index (κ1) is 16.2. The molecule has 0 bridgehead atoms. The smallest absolute Gasteiger partial charge is 0.326 e. The van der Waals surface area contributed by atoms with Crippen LogP contribution in [0.2, 0.25) is 0 Å². The number of aliphatic hydroxyl groups excluding tert-OH is 1. The highest BCUT2D eigenvalue weighted by atomic mass is 16.4. The van der Waals surface area contributed by atoms with Crippen LogP contribution in [0.25, 0.3) is 0 Å². The first-order valence-corrected chi connectivity index (χ1v) is 6.64. The number of primary amides is 1. The highest BCUT2D eigenvalue weighted by Gasteiger charge is 2.31. The highest BCUT2D eigenvalue weighted by Crippen LogP contribution is 2.25. The Morgan fingerprint density at radius 1 is 1.35 bits per heavy atom. The van der Waals surface area contributed by atoms with Crippen LogP contribution in [0.3, 0.4) is 0 Å². The Morgan fingerprint density at radius 3 is 2.40 bits per heavy atom. The molecular formula is C12H21N3O5. The molecule has 0 unspecified atom stereocenters. The molecule has 5 N–H and O–H groups in total. The summed E-state index contributed by atoms with van der Waals surface area (Å²) in [6.45, 7) is 0.316. The molecule has 114 valence electrons. The van der Waals surface area contributed by atoms with E-state index in [4.69, 9.17) is 15.9 Å². The molecule has 8 nitrogen and oxygen atoms in total. The maximum absolute atomic E-state index is 12.1. The number of hydrogen-bond donors (Lipinski definition) is 4. The van der Waals surface area contributed by atoms with Crippen LogP contribution >= 0.6 is 0 Å². The summed E-state index contributed by atoms with van der Waals surface area (Å²) in [7, 11) is 0. The number of nitrogens with two attached hydrogens (primary N) is 1. The number of carboxylic acids is 1. The second kappa shape index (κ2) is 7.68. The number of nitrogens with zero attached hydrogens (tertiary/aromatic N) is 1. The quantitative estimate of drug-likeness (QED) is 0.466. The van der Waals surface area contributed by atoms with Crippen molar-refractivity contribution in [3.63, 3.8) is 0 Å². The minimum Gasteiger partial charge on any atom is -0.480 e. The van der Waals surface area contributed by atoms with Gasteiger partial charge in [-0.05, 0) is 25.7 Å². The maximum atomic E-state index is 12.1. The average Bonchev–Trinajstić information content (AvgIpc) is 2.30. The van der Waals surface area contributed by atoms with Gasteiger partial charge in [0.2, 0.25) is 5.91 Å². The minimum atomic E-state index is -1.32.